The van der Waals surface area contributed by atoms with Crippen LogP contribution >= 0.6 is 0 Å². The maximum Gasteiger partial charge on any atom is 0.304 e. The van der Waals surface area contributed by atoms with Gasteiger partial charge in [-0.2, -0.15) is 0 Å². The topological polar surface area (TPSA) is 43.8 Å². The van der Waals surface area contributed by atoms with Crippen molar-refractivity contribution in [2.45, 2.75) is 44.6 Å². The highest BCUT2D eigenvalue weighted by atomic mass is 16.4. The third-order valence-electron chi connectivity index (χ3n) is 4.03. The quantitative estimate of drug-likeness (QED) is 0.807. The lowest BCUT2D eigenvalue weighted by Gasteiger charge is -2.40. The fourth-order valence-electron chi connectivity index (χ4n) is 3.07. The predicted octanol–water partition coefficient (Wildman–Crippen LogP) is 1.41. The first-order valence-corrected chi connectivity index (χ1v) is 6.94. The maximum atomic E-state index is 10.6. The lowest BCUT2D eigenvalue weighted by Crippen LogP contribution is -2.49. The van der Waals surface area contributed by atoms with E-state index in [1.165, 1.54) is 45.2 Å². The van der Waals surface area contributed by atoms with E-state index in [-0.39, 0.29) is 6.42 Å². The third-order valence-corrected chi connectivity index (χ3v) is 4.03. The second-order valence-corrected chi connectivity index (χ2v) is 5.34. The summed E-state index contributed by atoms with van der Waals surface area (Å²) in [5, 5.41) is 8.72. The molecule has 17 heavy (non-hydrogen) atoms. The molecule has 0 radical (unpaired) electrons. The molecule has 0 aliphatic carbocycles. The number of nitrogens with zero attached hydrogens (tertiary/aromatic N) is 2. The summed E-state index contributed by atoms with van der Waals surface area (Å²) in [5.74, 6) is -0.676. The summed E-state index contributed by atoms with van der Waals surface area (Å²) in [5.41, 5.74) is 0. The molecule has 2 rings (SSSR count). The summed E-state index contributed by atoms with van der Waals surface area (Å²) >= 11 is 0. The molecule has 2 aliphatic rings. The first-order valence-electron chi connectivity index (χ1n) is 6.94. The molecule has 4 heteroatoms. The Kier molecular flexibility index (Phi) is 4.80. The summed E-state index contributed by atoms with van der Waals surface area (Å²) in [6.07, 6.45) is 6.86. The van der Waals surface area contributed by atoms with E-state index in [4.69, 9.17) is 5.11 Å². The van der Waals surface area contributed by atoms with E-state index >= 15 is 0 Å². The predicted molar refractivity (Wildman–Crippen MR) is 67.1 cm³/mol. The molecular formula is C13H24N2O2. The summed E-state index contributed by atoms with van der Waals surface area (Å²) in [7, 11) is 0. The average Bonchev–Trinajstić information content (AvgIpc) is 2.38. The highest BCUT2D eigenvalue weighted by molar-refractivity contribution is 5.66. The largest absolute Gasteiger partial charge is 0.481 e. The van der Waals surface area contributed by atoms with E-state index in [9.17, 15) is 4.79 Å². The Hall–Kier alpha value is -0.610. The van der Waals surface area contributed by atoms with Crippen LogP contribution in [0.25, 0.3) is 0 Å². The Labute approximate surface area is 104 Å². The molecule has 0 aromatic heterocycles. The molecule has 1 N–H and O–H groups in total. The van der Waals surface area contributed by atoms with Crippen LogP contribution in [0.4, 0.5) is 0 Å². The molecular weight excluding hydrogens is 216 g/mol. The van der Waals surface area contributed by atoms with Gasteiger partial charge >= 0.3 is 5.97 Å². The zero-order valence-corrected chi connectivity index (χ0v) is 10.6. The van der Waals surface area contributed by atoms with E-state index in [0.717, 1.165) is 19.6 Å². The normalized spacial score (nSPS) is 28.1. The van der Waals surface area contributed by atoms with Crippen LogP contribution in [0.1, 0.15) is 38.5 Å². The van der Waals surface area contributed by atoms with Crippen molar-refractivity contribution in [2.24, 2.45) is 0 Å². The Bertz CT molecular complexity index is 252. The maximum absolute atomic E-state index is 10.6. The van der Waals surface area contributed by atoms with Crippen molar-refractivity contribution in [1.29, 1.82) is 0 Å². The number of carboxylic acid groups (broad SMARTS) is 1. The van der Waals surface area contributed by atoms with E-state index < -0.39 is 5.97 Å². The summed E-state index contributed by atoms with van der Waals surface area (Å²) < 4.78 is 0. The van der Waals surface area contributed by atoms with Gasteiger partial charge in [-0.1, -0.05) is 6.42 Å². The smallest absolute Gasteiger partial charge is 0.304 e. The minimum absolute atomic E-state index is 0.284. The zero-order chi connectivity index (χ0) is 12.1. The van der Waals surface area contributed by atoms with Crippen molar-refractivity contribution in [1.82, 2.24) is 9.80 Å². The number of hydrogen-bond acceptors (Lipinski definition) is 3. The van der Waals surface area contributed by atoms with Crippen LogP contribution in [0, 0.1) is 0 Å². The first-order chi connectivity index (χ1) is 8.25. The van der Waals surface area contributed by atoms with Crippen LogP contribution in [0.3, 0.4) is 0 Å². The van der Waals surface area contributed by atoms with Gasteiger partial charge in [-0.15, -0.1) is 0 Å². The molecule has 0 aromatic rings. The molecule has 2 saturated heterocycles. The molecule has 2 aliphatic heterocycles. The summed E-state index contributed by atoms with van der Waals surface area (Å²) in [6, 6.07) is 0.679. The number of carboxylic acids is 1. The van der Waals surface area contributed by atoms with Gasteiger partial charge in [-0.3, -0.25) is 9.69 Å². The van der Waals surface area contributed by atoms with E-state index in [1.807, 2.05) is 0 Å². The average molecular weight is 240 g/mol. The van der Waals surface area contributed by atoms with Gasteiger partial charge in [0.15, 0.2) is 0 Å². The van der Waals surface area contributed by atoms with E-state index in [0.29, 0.717) is 6.04 Å². The SMILES string of the molecule is O=C(O)CCN1CCCC(N2CCCCC2)C1. The monoisotopic (exact) mass is 240 g/mol. The molecule has 0 bridgehead atoms. The fraction of sp³-hybridized carbons (Fsp3) is 0.923. The molecule has 0 amide bonds. The van der Waals surface area contributed by atoms with Crippen LogP contribution in [0.2, 0.25) is 0 Å². The van der Waals surface area contributed by atoms with E-state index in [1.54, 1.807) is 0 Å². The van der Waals surface area contributed by atoms with Crippen LogP contribution in [-0.2, 0) is 4.79 Å². The van der Waals surface area contributed by atoms with Crippen molar-refractivity contribution in [3.63, 3.8) is 0 Å². The molecule has 2 heterocycles. The van der Waals surface area contributed by atoms with Crippen molar-refractivity contribution in [2.75, 3.05) is 32.7 Å². The molecule has 2 fully saturated rings. The highest BCUT2D eigenvalue weighted by Gasteiger charge is 2.26. The van der Waals surface area contributed by atoms with Gasteiger partial charge in [0.25, 0.3) is 0 Å². The van der Waals surface area contributed by atoms with Crippen LogP contribution in [0.5, 0.6) is 0 Å². The molecule has 4 nitrogen and oxygen atoms in total. The van der Waals surface area contributed by atoms with Crippen molar-refractivity contribution < 1.29 is 9.90 Å². The number of hydrogen-bond donors (Lipinski definition) is 1. The number of piperidine rings is 2. The zero-order valence-electron chi connectivity index (χ0n) is 10.6. The standard InChI is InChI=1S/C13H24N2O2/c16-13(17)6-10-14-7-4-5-12(11-14)15-8-2-1-3-9-15/h12H,1-11H2,(H,16,17). The fourth-order valence-corrected chi connectivity index (χ4v) is 3.07. The van der Waals surface area contributed by atoms with Crippen molar-refractivity contribution >= 4 is 5.97 Å². The van der Waals surface area contributed by atoms with Gasteiger partial charge in [0.05, 0.1) is 6.42 Å². The lowest BCUT2D eigenvalue weighted by molar-refractivity contribution is -0.137. The van der Waals surface area contributed by atoms with Crippen LogP contribution < -0.4 is 0 Å². The van der Waals surface area contributed by atoms with Gasteiger partial charge in [0.1, 0.15) is 0 Å². The van der Waals surface area contributed by atoms with Crippen LogP contribution in [-0.4, -0.2) is 59.6 Å². The Morgan fingerprint density at radius 3 is 2.59 bits per heavy atom. The minimum Gasteiger partial charge on any atom is -0.481 e. The number of carbonyl (C=O) groups is 1. The van der Waals surface area contributed by atoms with Gasteiger partial charge in [0.2, 0.25) is 0 Å². The second-order valence-electron chi connectivity index (χ2n) is 5.34. The van der Waals surface area contributed by atoms with Crippen LogP contribution in [0.15, 0.2) is 0 Å². The van der Waals surface area contributed by atoms with E-state index in [2.05, 4.69) is 9.80 Å². The summed E-state index contributed by atoms with van der Waals surface area (Å²) in [4.78, 5) is 15.5. The highest BCUT2D eigenvalue weighted by Crippen LogP contribution is 2.20. The molecule has 0 saturated carbocycles. The van der Waals surface area contributed by atoms with Gasteiger partial charge in [0, 0.05) is 19.1 Å². The Morgan fingerprint density at radius 1 is 1.12 bits per heavy atom. The Morgan fingerprint density at radius 2 is 1.88 bits per heavy atom. The minimum atomic E-state index is -0.676. The number of aliphatic carboxylic acids is 1. The third kappa shape index (κ3) is 3.96. The van der Waals surface area contributed by atoms with Crippen molar-refractivity contribution in [3.05, 3.63) is 0 Å². The second kappa shape index (κ2) is 6.36. The molecule has 0 spiro atoms. The van der Waals surface area contributed by atoms with Gasteiger partial charge in [-0.25, -0.2) is 0 Å². The molecule has 0 aromatic carbocycles. The first kappa shape index (κ1) is 12.8. The summed E-state index contributed by atoms with van der Waals surface area (Å²) in [6.45, 7) is 5.37. The lowest BCUT2D eigenvalue weighted by atomic mass is 10.0. The molecule has 1 atom stereocenters. The number of rotatable bonds is 4. The molecule has 1 unspecified atom stereocenters. The van der Waals surface area contributed by atoms with Gasteiger partial charge in [-0.05, 0) is 45.3 Å². The van der Waals surface area contributed by atoms with Gasteiger partial charge < -0.3 is 10.0 Å². The Balaban J connectivity index is 1.77. The molecule has 98 valence electrons. The number of likely N-dealkylation sites (tertiary alicyclic amines) is 2. The van der Waals surface area contributed by atoms with Crippen molar-refractivity contribution in [3.8, 4) is 0 Å².